The molecular weight excluding hydrogens is 262 g/mol. The Hall–Kier alpha value is -1.88. The second-order valence-corrected chi connectivity index (χ2v) is 6.16. The summed E-state index contributed by atoms with van der Waals surface area (Å²) < 4.78 is 0. The first kappa shape index (κ1) is 12.8. The molecule has 5 heteroatoms. The fraction of sp³-hybridized carbons (Fsp3) is 0.500. The molecule has 4 heterocycles. The van der Waals surface area contributed by atoms with E-state index in [1.807, 2.05) is 13.0 Å². The zero-order valence-electron chi connectivity index (χ0n) is 12.4. The lowest BCUT2D eigenvalue weighted by molar-refractivity contribution is 0.224. The van der Waals surface area contributed by atoms with Gasteiger partial charge in [0.25, 0.3) is 0 Å². The minimum atomic E-state index is 0.344. The summed E-state index contributed by atoms with van der Waals surface area (Å²) in [6.45, 7) is 4.26. The van der Waals surface area contributed by atoms with Crippen molar-refractivity contribution in [3.8, 4) is 11.5 Å². The molecule has 0 saturated carbocycles. The molecule has 0 radical (unpaired) electrons. The molecule has 0 aliphatic carbocycles. The van der Waals surface area contributed by atoms with Gasteiger partial charge in [-0.25, -0.2) is 19.9 Å². The molecule has 21 heavy (non-hydrogen) atoms. The van der Waals surface area contributed by atoms with E-state index < -0.39 is 0 Å². The summed E-state index contributed by atoms with van der Waals surface area (Å²) in [5.41, 5.74) is 3.32. The molecule has 0 aromatic carbocycles. The van der Waals surface area contributed by atoms with Gasteiger partial charge >= 0.3 is 0 Å². The van der Waals surface area contributed by atoms with Gasteiger partial charge in [0.15, 0.2) is 5.82 Å². The van der Waals surface area contributed by atoms with Crippen LogP contribution in [0.15, 0.2) is 18.5 Å². The summed E-state index contributed by atoms with van der Waals surface area (Å²) in [6, 6.07) is 2.71. The van der Waals surface area contributed by atoms with Crippen molar-refractivity contribution in [1.29, 1.82) is 0 Å². The number of rotatable bonds is 1. The number of nitrogens with one attached hydrogen (secondary N) is 1. The van der Waals surface area contributed by atoms with Crippen molar-refractivity contribution >= 4 is 0 Å². The Morgan fingerprint density at radius 2 is 1.95 bits per heavy atom. The van der Waals surface area contributed by atoms with E-state index in [9.17, 15) is 0 Å². The normalized spacial score (nSPS) is 27.2. The Balaban J connectivity index is 1.91. The van der Waals surface area contributed by atoms with Crippen molar-refractivity contribution in [1.82, 2.24) is 25.3 Å². The van der Waals surface area contributed by atoms with Crippen LogP contribution < -0.4 is 5.32 Å². The Kier molecular flexibility index (Phi) is 2.96. The van der Waals surface area contributed by atoms with Gasteiger partial charge < -0.3 is 5.32 Å². The molecule has 2 aromatic heterocycles. The Morgan fingerprint density at radius 3 is 2.76 bits per heavy atom. The first-order valence-corrected chi connectivity index (χ1v) is 7.63. The average molecular weight is 281 g/mol. The third-order valence-corrected chi connectivity index (χ3v) is 4.63. The molecule has 108 valence electrons. The second kappa shape index (κ2) is 4.84. The van der Waals surface area contributed by atoms with Crippen molar-refractivity contribution in [2.24, 2.45) is 5.92 Å². The molecule has 3 atom stereocenters. The summed E-state index contributed by atoms with van der Waals surface area (Å²) in [4.78, 5) is 18.2. The van der Waals surface area contributed by atoms with Crippen LogP contribution in [-0.4, -0.2) is 26.0 Å². The second-order valence-electron chi connectivity index (χ2n) is 6.16. The third kappa shape index (κ3) is 2.12. The number of aryl methyl sites for hydroxylation is 1. The smallest absolute Gasteiger partial charge is 0.178 e. The van der Waals surface area contributed by atoms with Gasteiger partial charge in [0.05, 0.1) is 11.7 Å². The zero-order chi connectivity index (χ0) is 14.4. The number of nitrogens with zero attached hydrogens (tertiary/aromatic N) is 4. The summed E-state index contributed by atoms with van der Waals surface area (Å²) in [5.74, 6) is 2.13. The van der Waals surface area contributed by atoms with E-state index in [1.165, 1.54) is 18.4 Å². The monoisotopic (exact) mass is 281 g/mol. The maximum atomic E-state index is 4.74. The minimum Gasteiger partial charge on any atom is -0.305 e. The molecule has 1 fully saturated rings. The summed E-state index contributed by atoms with van der Waals surface area (Å²) >= 11 is 0. The van der Waals surface area contributed by atoms with E-state index in [0.29, 0.717) is 23.8 Å². The maximum Gasteiger partial charge on any atom is 0.178 e. The highest BCUT2D eigenvalue weighted by Crippen LogP contribution is 2.39. The van der Waals surface area contributed by atoms with Gasteiger partial charge in [-0.05, 0) is 38.2 Å². The molecule has 1 saturated heterocycles. The van der Waals surface area contributed by atoms with E-state index in [1.54, 1.807) is 12.4 Å². The van der Waals surface area contributed by atoms with Crippen LogP contribution in [0.1, 0.15) is 42.9 Å². The lowest BCUT2D eigenvalue weighted by Crippen LogP contribution is -2.47. The molecule has 0 spiro atoms. The lowest BCUT2D eigenvalue weighted by atomic mass is 9.78. The van der Waals surface area contributed by atoms with Crippen LogP contribution in [0.3, 0.4) is 0 Å². The summed E-state index contributed by atoms with van der Waals surface area (Å²) in [7, 11) is 0. The molecule has 2 aliphatic rings. The van der Waals surface area contributed by atoms with Crippen LogP contribution in [0.25, 0.3) is 11.5 Å². The third-order valence-electron chi connectivity index (χ3n) is 4.63. The van der Waals surface area contributed by atoms with Gasteiger partial charge in [0.1, 0.15) is 11.5 Å². The quantitative estimate of drug-likeness (QED) is 0.868. The molecule has 2 aliphatic heterocycles. The van der Waals surface area contributed by atoms with Crippen LogP contribution in [0.4, 0.5) is 0 Å². The molecule has 1 N–H and O–H groups in total. The number of hydrogen-bond donors (Lipinski definition) is 1. The van der Waals surface area contributed by atoms with Crippen molar-refractivity contribution in [2.75, 3.05) is 0 Å². The Bertz CT molecular complexity index is 670. The van der Waals surface area contributed by atoms with Crippen LogP contribution in [0.2, 0.25) is 0 Å². The van der Waals surface area contributed by atoms with Crippen LogP contribution >= 0.6 is 0 Å². The van der Waals surface area contributed by atoms with Crippen LogP contribution in [-0.2, 0) is 6.42 Å². The molecule has 4 rings (SSSR count). The number of fused-ring (bicyclic) bond motifs is 4. The maximum absolute atomic E-state index is 4.74. The molecular formula is C16H19N5. The van der Waals surface area contributed by atoms with Crippen LogP contribution in [0, 0.1) is 12.8 Å². The van der Waals surface area contributed by atoms with Gasteiger partial charge in [-0.1, -0.05) is 6.92 Å². The van der Waals surface area contributed by atoms with Crippen molar-refractivity contribution in [2.45, 2.75) is 45.2 Å². The SMILES string of the molecule is Cc1nc(-c2ncccn2)c2c(n1)[C@@H]1N[C@@H](CC[C@H]1C)C2. The number of hydrogen-bond acceptors (Lipinski definition) is 5. The van der Waals surface area contributed by atoms with E-state index in [2.05, 4.69) is 27.2 Å². The predicted molar refractivity (Wildman–Crippen MR) is 79.6 cm³/mol. The number of aromatic nitrogens is 4. The summed E-state index contributed by atoms with van der Waals surface area (Å²) in [6.07, 6.45) is 7.02. The Labute approximate surface area is 124 Å². The number of piperidine rings is 1. The largest absolute Gasteiger partial charge is 0.305 e. The van der Waals surface area contributed by atoms with Crippen molar-refractivity contribution in [3.05, 3.63) is 35.5 Å². The average Bonchev–Trinajstić information content (AvgIpc) is 2.52. The van der Waals surface area contributed by atoms with Gasteiger partial charge in [0.2, 0.25) is 0 Å². The molecule has 0 amide bonds. The fourth-order valence-corrected chi connectivity index (χ4v) is 3.57. The van der Waals surface area contributed by atoms with Crippen molar-refractivity contribution in [3.63, 3.8) is 0 Å². The molecule has 2 bridgehead atoms. The van der Waals surface area contributed by atoms with E-state index in [-0.39, 0.29) is 0 Å². The fourth-order valence-electron chi connectivity index (χ4n) is 3.57. The Morgan fingerprint density at radius 1 is 1.14 bits per heavy atom. The first-order chi connectivity index (χ1) is 10.2. The van der Waals surface area contributed by atoms with E-state index >= 15 is 0 Å². The van der Waals surface area contributed by atoms with Gasteiger partial charge in [-0.3, -0.25) is 0 Å². The van der Waals surface area contributed by atoms with Gasteiger partial charge in [-0.15, -0.1) is 0 Å². The van der Waals surface area contributed by atoms with E-state index in [0.717, 1.165) is 23.6 Å². The van der Waals surface area contributed by atoms with Gasteiger partial charge in [0, 0.05) is 24.0 Å². The van der Waals surface area contributed by atoms with E-state index in [4.69, 9.17) is 4.98 Å². The topological polar surface area (TPSA) is 63.6 Å². The minimum absolute atomic E-state index is 0.344. The summed E-state index contributed by atoms with van der Waals surface area (Å²) in [5, 5.41) is 3.73. The molecule has 2 aromatic rings. The van der Waals surface area contributed by atoms with Gasteiger partial charge in [-0.2, -0.15) is 0 Å². The van der Waals surface area contributed by atoms with Crippen molar-refractivity contribution < 1.29 is 0 Å². The highest BCUT2D eigenvalue weighted by molar-refractivity contribution is 5.57. The highest BCUT2D eigenvalue weighted by Gasteiger charge is 2.37. The highest BCUT2D eigenvalue weighted by atomic mass is 15.0. The zero-order valence-corrected chi connectivity index (χ0v) is 12.4. The standard InChI is InChI=1S/C16H19N5/c1-9-4-5-11-8-12-14(13(9)21-11)19-10(2)20-15(12)16-17-6-3-7-18-16/h3,6-7,9,11,13,21H,4-5,8H2,1-2H3/t9-,11+,13-/m1/s1. The van der Waals surface area contributed by atoms with Crippen LogP contribution in [0.5, 0.6) is 0 Å². The first-order valence-electron chi connectivity index (χ1n) is 7.63. The predicted octanol–water partition coefficient (Wildman–Crippen LogP) is 2.23. The molecule has 5 nitrogen and oxygen atoms in total. The lowest BCUT2D eigenvalue weighted by Gasteiger charge is -2.41. The molecule has 0 unspecified atom stereocenters.